The minimum atomic E-state index is -0.859. The molecular formula is C10H11N3O4. The van der Waals surface area contributed by atoms with E-state index in [9.17, 15) is 9.59 Å². The maximum atomic E-state index is 11.3. The van der Waals surface area contributed by atoms with Gasteiger partial charge in [0.15, 0.2) is 5.57 Å². The number of rotatable bonds is 4. The molecule has 0 aliphatic rings. The Hall–Kier alpha value is -2.54. The van der Waals surface area contributed by atoms with E-state index in [0.29, 0.717) is 0 Å². The molecule has 0 bridgehead atoms. The summed E-state index contributed by atoms with van der Waals surface area (Å²) in [6, 6.07) is 3.28. The lowest BCUT2D eigenvalue weighted by molar-refractivity contribution is -0.138. The molecule has 0 unspecified atom stereocenters. The van der Waals surface area contributed by atoms with Crippen LogP contribution >= 0.6 is 0 Å². The fraction of sp³-hybridized carbons (Fsp3) is 0.400. The van der Waals surface area contributed by atoms with Crippen LogP contribution in [0.3, 0.4) is 0 Å². The van der Waals surface area contributed by atoms with E-state index in [1.54, 1.807) is 19.1 Å². The van der Waals surface area contributed by atoms with Crippen LogP contribution in [0.4, 0.5) is 4.79 Å². The summed E-state index contributed by atoms with van der Waals surface area (Å²) < 4.78 is 8.98. The highest BCUT2D eigenvalue weighted by Crippen LogP contribution is 2.02. The van der Waals surface area contributed by atoms with E-state index in [1.165, 1.54) is 0 Å². The fourth-order valence-electron chi connectivity index (χ4n) is 0.848. The second-order valence-electron chi connectivity index (χ2n) is 2.63. The molecule has 0 saturated heterocycles. The molecule has 0 rings (SSSR count). The van der Waals surface area contributed by atoms with Gasteiger partial charge in [-0.1, -0.05) is 0 Å². The van der Waals surface area contributed by atoms with E-state index in [1.807, 2.05) is 0 Å². The van der Waals surface area contributed by atoms with Gasteiger partial charge in [-0.2, -0.15) is 10.5 Å². The summed E-state index contributed by atoms with van der Waals surface area (Å²) in [5.74, 6) is -0.859. The van der Waals surface area contributed by atoms with E-state index >= 15 is 0 Å². The first kappa shape index (κ1) is 14.5. The largest absolute Gasteiger partial charge is 0.462 e. The molecule has 0 N–H and O–H groups in total. The van der Waals surface area contributed by atoms with Crippen molar-refractivity contribution >= 4 is 12.1 Å². The van der Waals surface area contributed by atoms with E-state index in [4.69, 9.17) is 10.5 Å². The SMILES string of the molecule is CCOC(=O)/C(C#N)=C/N(CC#N)C(=O)OC. The van der Waals surface area contributed by atoms with Gasteiger partial charge in [0.2, 0.25) is 0 Å². The number of carbonyl (C=O) groups is 2. The Labute approximate surface area is 98.4 Å². The van der Waals surface area contributed by atoms with Gasteiger partial charge in [0.05, 0.1) is 19.8 Å². The molecule has 0 radical (unpaired) electrons. The van der Waals surface area contributed by atoms with Crippen LogP contribution in [0.25, 0.3) is 0 Å². The minimum Gasteiger partial charge on any atom is -0.462 e. The molecule has 90 valence electrons. The van der Waals surface area contributed by atoms with Crippen molar-refractivity contribution in [1.29, 1.82) is 10.5 Å². The Morgan fingerprint density at radius 3 is 2.47 bits per heavy atom. The van der Waals surface area contributed by atoms with Gasteiger partial charge < -0.3 is 9.47 Å². The number of esters is 1. The third kappa shape index (κ3) is 4.67. The smallest absolute Gasteiger partial charge is 0.414 e. The van der Waals surface area contributed by atoms with Gasteiger partial charge in [-0.25, -0.2) is 9.59 Å². The number of amides is 1. The molecule has 7 heteroatoms. The Balaban J connectivity index is 5.01. The van der Waals surface area contributed by atoms with Crippen molar-refractivity contribution in [1.82, 2.24) is 4.90 Å². The Kier molecular flexibility index (Phi) is 6.56. The number of ether oxygens (including phenoxy) is 2. The Morgan fingerprint density at radius 2 is 2.06 bits per heavy atom. The lowest BCUT2D eigenvalue weighted by atomic mass is 10.3. The van der Waals surface area contributed by atoms with Crippen LogP contribution in [0.15, 0.2) is 11.8 Å². The first-order valence-corrected chi connectivity index (χ1v) is 4.61. The summed E-state index contributed by atoms with van der Waals surface area (Å²) in [5, 5.41) is 17.2. The van der Waals surface area contributed by atoms with Gasteiger partial charge in [0, 0.05) is 6.20 Å². The zero-order chi connectivity index (χ0) is 13.3. The van der Waals surface area contributed by atoms with Crippen molar-refractivity contribution in [3.05, 3.63) is 11.8 Å². The zero-order valence-electron chi connectivity index (χ0n) is 9.47. The number of carbonyl (C=O) groups excluding carboxylic acids is 2. The zero-order valence-corrected chi connectivity index (χ0v) is 9.47. The van der Waals surface area contributed by atoms with Crippen LogP contribution in [-0.2, 0) is 14.3 Å². The lowest BCUT2D eigenvalue weighted by Gasteiger charge is -2.12. The predicted molar refractivity (Wildman–Crippen MR) is 55.1 cm³/mol. The Morgan fingerprint density at radius 1 is 1.41 bits per heavy atom. The van der Waals surface area contributed by atoms with E-state index < -0.39 is 12.1 Å². The highest BCUT2D eigenvalue weighted by Gasteiger charge is 2.16. The molecule has 17 heavy (non-hydrogen) atoms. The third-order valence-corrected chi connectivity index (χ3v) is 1.55. The first-order chi connectivity index (χ1) is 8.10. The molecule has 7 nitrogen and oxygen atoms in total. The molecular weight excluding hydrogens is 226 g/mol. The molecule has 0 atom stereocenters. The number of nitrogens with zero attached hydrogens (tertiary/aromatic N) is 3. The van der Waals surface area contributed by atoms with Gasteiger partial charge in [-0.05, 0) is 6.92 Å². The van der Waals surface area contributed by atoms with Crippen LogP contribution in [0.2, 0.25) is 0 Å². The number of hydrogen-bond acceptors (Lipinski definition) is 6. The monoisotopic (exact) mass is 237 g/mol. The molecule has 0 aliphatic carbocycles. The van der Waals surface area contributed by atoms with Crippen LogP contribution in [0.1, 0.15) is 6.92 Å². The third-order valence-electron chi connectivity index (χ3n) is 1.55. The highest BCUT2D eigenvalue weighted by atomic mass is 16.5. The summed E-state index contributed by atoms with van der Waals surface area (Å²) in [6.07, 6.45) is 0.0798. The van der Waals surface area contributed by atoms with E-state index in [2.05, 4.69) is 9.47 Å². The number of methoxy groups -OCH3 is 1. The first-order valence-electron chi connectivity index (χ1n) is 4.61. The molecule has 0 aromatic heterocycles. The summed E-state index contributed by atoms with van der Waals surface area (Å²) in [4.78, 5) is 23.2. The predicted octanol–water partition coefficient (Wildman–Crippen LogP) is 0.549. The fourth-order valence-corrected chi connectivity index (χ4v) is 0.848. The van der Waals surface area contributed by atoms with Crippen molar-refractivity contribution in [3.8, 4) is 12.1 Å². The van der Waals surface area contributed by atoms with E-state index in [0.717, 1.165) is 18.2 Å². The van der Waals surface area contributed by atoms with Crippen molar-refractivity contribution in [2.75, 3.05) is 20.3 Å². The molecule has 0 aliphatic heterocycles. The molecule has 0 aromatic carbocycles. The van der Waals surface area contributed by atoms with Crippen molar-refractivity contribution in [2.24, 2.45) is 0 Å². The lowest BCUT2D eigenvalue weighted by Crippen LogP contribution is -2.27. The van der Waals surface area contributed by atoms with Crippen LogP contribution < -0.4 is 0 Å². The van der Waals surface area contributed by atoms with Gasteiger partial charge in [-0.15, -0.1) is 0 Å². The van der Waals surface area contributed by atoms with Gasteiger partial charge >= 0.3 is 12.1 Å². The minimum absolute atomic E-state index is 0.105. The summed E-state index contributed by atoms with van der Waals surface area (Å²) in [7, 11) is 1.12. The standard InChI is InChI=1S/C10H11N3O4/c1-3-17-9(14)8(6-12)7-13(5-4-11)10(15)16-2/h7H,3,5H2,1-2H3/b8-7+. The average Bonchev–Trinajstić information content (AvgIpc) is 2.33. The molecule has 0 fully saturated rings. The average molecular weight is 237 g/mol. The second-order valence-corrected chi connectivity index (χ2v) is 2.63. The molecule has 0 aromatic rings. The van der Waals surface area contributed by atoms with Crippen LogP contribution in [-0.4, -0.2) is 37.2 Å². The van der Waals surface area contributed by atoms with Crippen LogP contribution in [0, 0.1) is 22.7 Å². The Bertz CT molecular complexity index is 403. The summed E-state index contributed by atoms with van der Waals surface area (Å²) in [5.41, 5.74) is -0.382. The summed E-state index contributed by atoms with van der Waals surface area (Å²) in [6.45, 7) is 1.35. The highest BCUT2D eigenvalue weighted by molar-refractivity contribution is 5.93. The molecule has 0 heterocycles. The van der Waals surface area contributed by atoms with Crippen molar-refractivity contribution in [2.45, 2.75) is 6.92 Å². The maximum absolute atomic E-state index is 11.3. The molecule has 0 saturated carbocycles. The van der Waals surface area contributed by atoms with Crippen LogP contribution in [0.5, 0.6) is 0 Å². The second kappa shape index (κ2) is 7.71. The van der Waals surface area contributed by atoms with Gasteiger partial charge in [-0.3, -0.25) is 4.90 Å². The number of nitriles is 2. The van der Waals surface area contributed by atoms with Crippen molar-refractivity contribution < 1.29 is 19.1 Å². The summed E-state index contributed by atoms with van der Waals surface area (Å²) >= 11 is 0. The van der Waals surface area contributed by atoms with Gasteiger partial charge in [0.1, 0.15) is 12.6 Å². The van der Waals surface area contributed by atoms with Crippen molar-refractivity contribution in [3.63, 3.8) is 0 Å². The quantitative estimate of drug-likeness (QED) is 0.306. The maximum Gasteiger partial charge on any atom is 0.414 e. The van der Waals surface area contributed by atoms with E-state index in [-0.39, 0.29) is 18.7 Å². The topological polar surface area (TPSA) is 103 Å². The molecule has 0 spiro atoms. The normalized spacial score (nSPS) is 9.76. The van der Waals surface area contributed by atoms with Gasteiger partial charge in [0.25, 0.3) is 0 Å². The molecule has 1 amide bonds. The number of hydrogen-bond donors (Lipinski definition) is 0.